The molecule has 198 valence electrons. The van der Waals surface area contributed by atoms with Gasteiger partial charge in [0.05, 0.1) is 12.7 Å². The fourth-order valence-electron chi connectivity index (χ4n) is 5.41. The Morgan fingerprint density at radius 2 is 1.46 bits per heavy atom. The quantitative estimate of drug-likeness (QED) is 0.234. The summed E-state index contributed by atoms with van der Waals surface area (Å²) in [5.41, 5.74) is 3.55. The van der Waals surface area contributed by atoms with E-state index >= 15 is 4.39 Å². The van der Waals surface area contributed by atoms with Crippen LogP contribution in [0, 0.1) is 17.5 Å². The summed E-state index contributed by atoms with van der Waals surface area (Å²) in [4.78, 5) is 0. The van der Waals surface area contributed by atoms with Gasteiger partial charge in [-0.25, -0.2) is 13.2 Å². The molecule has 1 nitrogen and oxygen atoms in total. The topological polar surface area (TPSA) is 9.23 Å². The second kappa shape index (κ2) is 13.3. The molecule has 0 saturated carbocycles. The lowest BCUT2D eigenvalue weighted by molar-refractivity contribution is -0.00273. The molecular formula is C33H39F3O. The number of rotatable bonds is 11. The Kier molecular flexibility index (Phi) is 9.85. The van der Waals surface area contributed by atoms with Crippen molar-refractivity contribution >= 4 is 0 Å². The third kappa shape index (κ3) is 6.84. The summed E-state index contributed by atoms with van der Waals surface area (Å²) in [5.74, 6) is -1.72. The van der Waals surface area contributed by atoms with Crippen molar-refractivity contribution in [3.63, 3.8) is 0 Å². The van der Waals surface area contributed by atoms with Crippen LogP contribution in [0.25, 0.3) is 22.3 Å². The van der Waals surface area contributed by atoms with E-state index in [1.165, 1.54) is 32.1 Å². The van der Waals surface area contributed by atoms with Crippen molar-refractivity contribution in [2.24, 2.45) is 0 Å². The maximum atomic E-state index is 15.1. The van der Waals surface area contributed by atoms with E-state index in [4.69, 9.17) is 4.74 Å². The number of unbranched alkanes of at least 4 members (excludes halogenated alkanes) is 4. The Morgan fingerprint density at radius 1 is 0.730 bits per heavy atom. The van der Waals surface area contributed by atoms with Crippen LogP contribution in [0.2, 0.25) is 0 Å². The van der Waals surface area contributed by atoms with Gasteiger partial charge < -0.3 is 4.74 Å². The Balaban J connectivity index is 1.38. The lowest BCUT2D eigenvalue weighted by Crippen LogP contribution is -2.25. The van der Waals surface area contributed by atoms with Crippen molar-refractivity contribution in [1.29, 1.82) is 0 Å². The first-order chi connectivity index (χ1) is 18.0. The van der Waals surface area contributed by atoms with Crippen LogP contribution in [0.1, 0.15) is 88.7 Å². The van der Waals surface area contributed by atoms with Crippen LogP contribution in [0.3, 0.4) is 0 Å². The molecule has 2 atom stereocenters. The summed E-state index contributed by atoms with van der Waals surface area (Å²) in [6, 6.07) is 15.9. The minimum absolute atomic E-state index is 0.0846. The Morgan fingerprint density at radius 3 is 2.14 bits per heavy atom. The molecular weight excluding hydrogens is 469 g/mol. The van der Waals surface area contributed by atoms with Gasteiger partial charge in [-0.05, 0) is 59.6 Å². The Bertz CT molecular complexity index is 1150. The zero-order chi connectivity index (χ0) is 26.2. The van der Waals surface area contributed by atoms with Crippen LogP contribution in [-0.2, 0) is 11.2 Å². The third-order valence-electron chi connectivity index (χ3n) is 7.65. The van der Waals surface area contributed by atoms with Crippen molar-refractivity contribution < 1.29 is 17.9 Å². The minimum Gasteiger partial charge on any atom is -0.378 e. The average Bonchev–Trinajstić information content (AvgIpc) is 2.92. The summed E-state index contributed by atoms with van der Waals surface area (Å²) in [7, 11) is 0. The number of hydrogen-bond acceptors (Lipinski definition) is 1. The van der Waals surface area contributed by atoms with E-state index in [1.807, 2.05) is 31.2 Å². The van der Waals surface area contributed by atoms with Gasteiger partial charge in [0.1, 0.15) is 5.82 Å². The molecule has 0 spiro atoms. The second-order valence-corrected chi connectivity index (χ2v) is 10.4. The molecule has 37 heavy (non-hydrogen) atoms. The number of ether oxygens (including phenoxy) is 1. The van der Waals surface area contributed by atoms with Crippen molar-refractivity contribution in [3.8, 4) is 22.3 Å². The fraction of sp³-hybridized carbons (Fsp3) is 0.455. The highest BCUT2D eigenvalue weighted by molar-refractivity contribution is 5.71. The van der Waals surface area contributed by atoms with Crippen molar-refractivity contribution in [3.05, 3.63) is 83.2 Å². The van der Waals surface area contributed by atoms with Gasteiger partial charge in [0, 0.05) is 11.5 Å². The lowest BCUT2D eigenvalue weighted by Gasteiger charge is -2.29. The number of hydrogen-bond donors (Lipinski definition) is 0. The van der Waals surface area contributed by atoms with Crippen LogP contribution in [0.5, 0.6) is 0 Å². The molecule has 4 rings (SSSR count). The standard InChI is InChI=1S/C33H39F3O/c1-3-5-6-7-8-10-28-18-15-27(22-37-28)29-19-17-26(21-31(29)34)23-11-13-24(14-12-23)30-20-16-25(9-4-2)32(35)33(30)36/h11-14,16-17,19-21,27-28H,3-10,15,18,22H2,1-2H3. The van der Waals surface area contributed by atoms with E-state index in [1.54, 1.807) is 30.3 Å². The highest BCUT2D eigenvalue weighted by atomic mass is 19.2. The first-order valence-electron chi connectivity index (χ1n) is 14.0. The smallest absolute Gasteiger partial charge is 0.166 e. The Hall–Kier alpha value is -2.59. The van der Waals surface area contributed by atoms with E-state index in [2.05, 4.69) is 6.92 Å². The van der Waals surface area contributed by atoms with Gasteiger partial charge in [0.2, 0.25) is 0 Å². The summed E-state index contributed by atoms with van der Waals surface area (Å²) in [6.45, 7) is 4.74. The highest BCUT2D eigenvalue weighted by Gasteiger charge is 2.25. The van der Waals surface area contributed by atoms with Gasteiger partial charge in [-0.15, -0.1) is 0 Å². The molecule has 0 aromatic heterocycles. The molecule has 0 amide bonds. The van der Waals surface area contributed by atoms with Gasteiger partial charge in [-0.1, -0.05) is 101 Å². The average molecular weight is 509 g/mol. The SMILES string of the molecule is CCCCCCCC1CCC(c2ccc(-c3ccc(-c4ccc(CCC)c(F)c4F)cc3)cc2F)CO1. The van der Waals surface area contributed by atoms with Crippen LogP contribution >= 0.6 is 0 Å². The molecule has 0 bridgehead atoms. The normalized spacial score (nSPS) is 17.8. The molecule has 1 aliphatic rings. The minimum atomic E-state index is -0.817. The predicted octanol–water partition coefficient (Wildman–Crippen LogP) is 10.0. The molecule has 3 aromatic carbocycles. The molecule has 0 N–H and O–H groups in total. The predicted molar refractivity (Wildman–Crippen MR) is 146 cm³/mol. The van der Waals surface area contributed by atoms with Crippen molar-refractivity contribution in [2.75, 3.05) is 6.61 Å². The van der Waals surface area contributed by atoms with Gasteiger partial charge >= 0.3 is 0 Å². The fourth-order valence-corrected chi connectivity index (χ4v) is 5.41. The monoisotopic (exact) mass is 508 g/mol. The van der Waals surface area contributed by atoms with Crippen molar-refractivity contribution in [1.82, 2.24) is 0 Å². The second-order valence-electron chi connectivity index (χ2n) is 10.4. The maximum Gasteiger partial charge on any atom is 0.166 e. The molecule has 4 heteroatoms. The summed E-state index contributed by atoms with van der Waals surface area (Å²) in [5, 5.41) is 0. The maximum absolute atomic E-state index is 15.1. The van der Waals surface area contributed by atoms with Gasteiger partial charge in [-0.3, -0.25) is 0 Å². The Labute approximate surface area is 220 Å². The summed E-state index contributed by atoms with van der Waals surface area (Å²) < 4.78 is 50.3. The molecule has 2 unspecified atom stereocenters. The number of benzene rings is 3. The molecule has 0 radical (unpaired) electrons. The van der Waals surface area contributed by atoms with Crippen LogP contribution in [0.4, 0.5) is 13.2 Å². The first kappa shape index (κ1) is 27.4. The van der Waals surface area contributed by atoms with E-state index < -0.39 is 11.6 Å². The molecule has 1 saturated heterocycles. The van der Waals surface area contributed by atoms with Gasteiger partial charge in [0.25, 0.3) is 0 Å². The van der Waals surface area contributed by atoms with Gasteiger partial charge in [-0.2, -0.15) is 0 Å². The molecule has 1 aliphatic heterocycles. The number of halogens is 3. The summed E-state index contributed by atoms with van der Waals surface area (Å²) in [6.07, 6.45) is 10.9. The van der Waals surface area contributed by atoms with Crippen LogP contribution < -0.4 is 0 Å². The van der Waals surface area contributed by atoms with Crippen molar-refractivity contribution in [2.45, 2.75) is 90.1 Å². The van der Waals surface area contributed by atoms with E-state index in [-0.39, 0.29) is 17.3 Å². The summed E-state index contributed by atoms with van der Waals surface area (Å²) >= 11 is 0. The van der Waals surface area contributed by atoms with Crippen LogP contribution in [0.15, 0.2) is 54.6 Å². The van der Waals surface area contributed by atoms with E-state index in [9.17, 15) is 8.78 Å². The zero-order valence-electron chi connectivity index (χ0n) is 22.2. The lowest BCUT2D eigenvalue weighted by atomic mass is 9.88. The molecule has 0 aliphatic carbocycles. The first-order valence-corrected chi connectivity index (χ1v) is 14.0. The van der Waals surface area contributed by atoms with E-state index in [0.29, 0.717) is 35.8 Å². The highest BCUT2D eigenvalue weighted by Crippen LogP contribution is 2.34. The van der Waals surface area contributed by atoms with Gasteiger partial charge in [0.15, 0.2) is 11.6 Å². The third-order valence-corrected chi connectivity index (χ3v) is 7.65. The molecule has 1 fully saturated rings. The largest absolute Gasteiger partial charge is 0.378 e. The molecule has 1 heterocycles. The zero-order valence-corrected chi connectivity index (χ0v) is 22.2. The number of aryl methyl sites for hydroxylation is 1. The molecule has 3 aromatic rings. The van der Waals surface area contributed by atoms with Crippen LogP contribution in [-0.4, -0.2) is 12.7 Å². The van der Waals surface area contributed by atoms with E-state index in [0.717, 1.165) is 36.8 Å².